The van der Waals surface area contributed by atoms with Gasteiger partial charge in [-0.05, 0) is 50.2 Å². The van der Waals surface area contributed by atoms with Crippen LogP contribution in [0.3, 0.4) is 0 Å². The van der Waals surface area contributed by atoms with Crippen LogP contribution in [-0.2, 0) is 25.4 Å². The van der Waals surface area contributed by atoms with Gasteiger partial charge in [0.05, 0.1) is 5.56 Å². The summed E-state index contributed by atoms with van der Waals surface area (Å²) in [4.78, 5) is 1.13. The van der Waals surface area contributed by atoms with E-state index in [4.69, 9.17) is 0 Å². The zero-order valence-electron chi connectivity index (χ0n) is 14.9. The first-order valence-corrected chi connectivity index (χ1v) is 8.83. The highest BCUT2D eigenvalue weighted by Crippen LogP contribution is 2.43. The van der Waals surface area contributed by atoms with E-state index in [0.29, 0.717) is 31.3 Å². The maximum absolute atomic E-state index is 14.9. The Hall–Kier alpha value is -2.27. The third kappa shape index (κ3) is 2.71. The van der Waals surface area contributed by atoms with Crippen LogP contribution in [0.15, 0.2) is 42.5 Å². The number of fused-ring (bicyclic) bond motifs is 3. The predicted molar refractivity (Wildman–Crippen MR) is 97.0 cm³/mol. The van der Waals surface area contributed by atoms with Crippen molar-refractivity contribution < 1.29 is 13.2 Å². The lowest BCUT2D eigenvalue weighted by molar-refractivity contribution is -0.148. The molecule has 0 atom stereocenters. The zero-order chi connectivity index (χ0) is 18.5. The highest BCUT2D eigenvalue weighted by Gasteiger charge is 2.45. The molecule has 2 nitrogen and oxygen atoms in total. The molecular formula is C21H21F3N2. The van der Waals surface area contributed by atoms with Crippen LogP contribution < -0.4 is 0 Å². The lowest BCUT2D eigenvalue weighted by Crippen LogP contribution is -2.42. The fourth-order valence-corrected chi connectivity index (χ4v) is 3.87. The molecule has 0 amide bonds. The number of hydrogen-bond acceptors (Lipinski definition) is 1. The van der Waals surface area contributed by atoms with Crippen molar-refractivity contribution in [2.75, 3.05) is 13.6 Å². The van der Waals surface area contributed by atoms with Gasteiger partial charge >= 0.3 is 6.05 Å². The smallest absolute Gasteiger partial charge is 0.333 e. The number of nitrogens with zero attached hydrogens (tertiary/aromatic N) is 2. The first-order chi connectivity index (χ1) is 12.4. The van der Waals surface area contributed by atoms with Gasteiger partial charge in [0.25, 0.3) is 0 Å². The summed E-state index contributed by atoms with van der Waals surface area (Å²) in [6, 6.07) is 9.15. The van der Waals surface area contributed by atoms with Gasteiger partial charge in [-0.25, -0.2) is 9.29 Å². The molecule has 0 saturated heterocycles. The molecule has 0 N–H and O–H groups in total. The molecule has 136 valence electrons. The van der Waals surface area contributed by atoms with Crippen molar-refractivity contribution in [1.82, 2.24) is 9.47 Å². The normalized spacial score (nSPS) is 16.8. The second kappa shape index (κ2) is 6.16. The maximum Gasteiger partial charge on any atom is 0.333 e. The fourth-order valence-electron chi connectivity index (χ4n) is 3.87. The molecule has 0 radical (unpaired) electrons. The topological polar surface area (TPSA) is 8.17 Å². The Kier molecular flexibility index (Phi) is 4.07. The van der Waals surface area contributed by atoms with Gasteiger partial charge in [0.2, 0.25) is 0 Å². The van der Waals surface area contributed by atoms with Crippen LogP contribution in [0, 0.1) is 12.7 Å². The summed E-state index contributed by atoms with van der Waals surface area (Å²) in [5, 5.41) is 0.635. The van der Waals surface area contributed by atoms with Gasteiger partial charge in [0, 0.05) is 36.1 Å². The van der Waals surface area contributed by atoms with Crippen molar-refractivity contribution >= 4 is 10.9 Å². The molecule has 0 unspecified atom stereocenters. The van der Waals surface area contributed by atoms with Crippen LogP contribution in [0.2, 0.25) is 0 Å². The van der Waals surface area contributed by atoms with Crippen molar-refractivity contribution in [3.05, 3.63) is 70.7 Å². The summed E-state index contributed by atoms with van der Waals surface area (Å²) in [7, 11) is 1.47. The van der Waals surface area contributed by atoms with Gasteiger partial charge in [0.15, 0.2) is 0 Å². The van der Waals surface area contributed by atoms with Gasteiger partial charge < -0.3 is 4.57 Å². The third-order valence-electron chi connectivity index (χ3n) is 5.33. The quantitative estimate of drug-likeness (QED) is 0.607. The number of likely N-dealkylation sites (N-methyl/N-ethyl adjacent to an activating group) is 1. The average Bonchev–Trinajstić information content (AvgIpc) is 2.92. The molecule has 5 heteroatoms. The Balaban J connectivity index is 1.81. The lowest BCUT2D eigenvalue weighted by atomic mass is 10.0. The van der Waals surface area contributed by atoms with Crippen molar-refractivity contribution in [2.45, 2.75) is 32.4 Å². The molecule has 1 aromatic heterocycles. The van der Waals surface area contributed by atoms with Crippen LogP contribution in [0.4, 0.5) is 13.2 Å². The van der Waals surface area contributed by atoms with Gasteiger partial charge in [-0.1, -0.05) is 23.8 Å². The van der Waals surface area contributed by atoms with E-state index in [1.165, 1.54) is 19.2 Å². The summed E-state index contributed by atoms with van der Waals surface area (Å²) >= 11 is 0. The van der Waals surface area contributed by atoms with Crippen molar-refractivity contribution in [1.29, 1.82) is 0 Å². The van der Waals surface area contributed by atoms with Crippen LogP contribution in [0.5, 0.6) is 0 Å². The third-order valence-corrected chi connectivity index (χ3v) is 5.33. The molecule has 2 heterocycles. The number of rotatable bonds is 3. The fraction of sp³-hybridized carbons (Fsp3) is 0.333. The number of hydrogen-bond donors (Lipinski definition) is 0. The standard InChI is InChI=1S/C21H21F3N2/c1-14-3-8-18-17(13-14)20-19(10-11-25(2)21(20,23)24)26(18)12-9-15-4-6-16(22)7-5-15/h3-8,13H,9-12H2,1-2H3. The summed E-state index contributed by atoms with van der Waals surface area (Å²) in [6.07, 6.45) is 1.27. The summed E-state index contributed by atoms with van der Waals surface area (Å²) in [6.45, 7) is 2.85. The molecule has 0 bridgehead atoms. The lowest BCUT2D eigenvalue weighted by Gasteiger charge is -2.33. The molecule has 0 spiro atoms. The molecule has 26 heavy (non-hydrogen) atoms. The van der Waals surface area contributed by atoms with Crippen LogP contribution in [0.25, 0.3) is 10.9 Å². The minimum absolute atomic E-state index is 0.143. The van der Waals surface area contributed by atoms with Crippen molar-refractivity contribution in [3.8, 4) is 0 Å². The number of halogens is 3. The Morgan fingerprint density at radius 2 is 1.81 bits per heavy atom. The minimum Gasteiger partial charge on any atom is -0.344 e. The first kappa shape index (κ1) is 17.2. The molecule has 0 aliphatic carbocycles. The minimum atomic E-state index is -2.97. The largest absolute Gasteiger partial charge is 0.344 e. The Bertz CT molecular complexity index is 958. The maximum atomic E-state index is 14.9. The molecule has 1 aliphatic rings. The number of aryl methyl sites for hydroxylation is 3. The summed E-state index contributed by atoms with van der Waals surface area (Å²) in [5.74, 6) is -0.268. The number of benzene rings is 2. The van der Waals surface area contributed by atoms with Crippen LogP contribution in [0.1, 0.15) is 22.4 Å². The Morgan fingerprint density at radius 3 is 2.54 bits per heavy atom. The number of aromatic nitrogens is 1. The molecule has 1 aliphatic heterocycles. The molecular weight excluding hydrogens is 337 g/mol. The van der Waals surface area contributed by atoms with E-state index in [2.05, 4.69) is 0 Å². The second-order valence-electron chi connectivity index (χ2n) is 7.08. The number of alkyl halides is 2. The molecule has 4 rings (SSSR count). The van der Waals surface area contributed by atoms with E-state index < -0.39 is 6.05 Å². The first-order valence-electron chi connectivity index (χ1n) is 8.83. The van der Waals surface area contributed by atoms with E-state index in [-0.39, 0.29) is 11.4 Å². The highest BCUT2D eigenvalue weighted by atomic mass is 19.3. The van der Waals surface area contributed by atoms with Gasteiger partial charge in [-0.2, -0.15) is 8.78 Å². The Morgan fingerprint density at radius 1 is 1.08 bits per heavy atom. The van der Waals surface area contributed by atoms with Gasteiger partial charge in [-0.15, -0.1) is 0 Å². The predicted octanol–water partition coefficient (Wildman–Crippen LogP) is 4.87. The van der Waals surface area contributed by atoms with Crippen molar-refractivity contribution in [3.63, 3.8) is 0 Å². The second-order valence-corrected chi connectivity index (χ2v) is 7.08. The monoisotopic (exact) mass is 358 g/mol. The molecule has 0 fully saturated rings. The molecule has 0 saturated carbocycles. The molecule has 3 aromatic rings. The zero-order valence-corrected chi connectivity index (χ0v) is 14.9. The van der Waals surface area contributed by atoms with Crippen LogP contribution in [-0.4, -0.2) is 23.1 Å². The van der Waals surface area contributed by atoms with E-state index in [1.807, 2.05) is 29.7 Å². The summed E-state index contributed by atoms with van der Waals surface area (Å²) in [5.41, 5.74) is 3.67. The highest BCUT2D eigenvalue weighted by molar-refractivity contribution is 5.87. The SMILES string of the molecule is Cc1ccc2c(c1)c1c(n2CCc2ccc(F)cc2)CCN(C)C1(F)F. The van der Waals surface area contributed by atoms with Crippen LogP contribution >= 0.6 is 0 Å². The summed E-state index contributed by atoms with van der Waals surface area (Å²) < 4.78 is 45.0. The molecule has 2 aromatic carbocycles. The van der Waals surface area contributed by atoms with Crippen molar-refractivity contribution in [2.24, 2.45) is 0 Å². The van der Waals surface area contributed by atoms with Gasteiger partial charge in [0.1, 0.15) is 5.82 Å². The van der Waals surface area contributed by atoms with Gasteiger partial charge in [-0.3, -0.25) is 0 Å². The van der Waals surface area contributed by atoms with E-state index in [1.54, 1.807) is 12.1 Å². The van der Waals surface area contributed by atoms with E-state index >= 15 is 0 Å². The van der Waals surface area contributed by atoms with E-state index in [0.717, 1.165) is 27.2 Å². The van der Waals surface area contributed by atoms with E-state index in [9.17, 15) is 13.2 Å². The Labute approximate surface area is 150 Å². The average molecular weight is 358 g/mol.